The molecule has 1 aromatic heterocycles. The van der Waals surface area contributed by atoms with E-state index in [9.17, 15) is 8.42 Å². The molecule has 1 unspecified atom stereocenters. The largest absolute Gasteiger partial charge is 0.260 e. The summed E-state index contributed by atoms with van der Waals surface area (Å²) in [5.41, 5.74) is 0. The molecule has 1 heterocycles. The van der Waals surface area contributed by atoms with E-state index in [2.05, 4.69) is 43.1 Å². The summed E-state index contributed by atoms with van der Waals surface area (Å²) in [6.07, 6.45) is 7.19. The van der Waals surface area contributed by atoms with Gasteiger partial charge in [-0.15, -0.1) is 5.10 Å². The maximum atomic E-state index is 12.1. The Bertz CT molecular complexity index is 533. The van der Waals surface area contributed by atoms with Crippen molar-refractivity contribution in [1.82, 2.24) is 19.7 Å². The molecule has 0 aliphatic heterocycles. The minimum atomic E-state index is -3.56. The minimum absolute atomic E-state index is 0.0638. The number of rotatable bonds is 4. The van der Waals surface area contributed by atoms with Gasteiger partial charge in [0.05, 0.1) is 0 Å². The summed E-state index contributed by atoms with van der Waals surface area (Å²) >= 11 is 3.09. The van der Waals surface area contributed by atoms with Crippen LogP contribution in [0.25, 0.3) is 0 Å². The Balaban J connectivity index is 2.06. The van der Waals surface area contributed by atoms with Gasteiger partial charge in [-0.3, -0.25) is 0 Å². The van der Waals surface area contributed by atoms with E-state index in [1.807, 2.05) is 0 Å². The van der Waals surface area contributed by atoms with Crippen LogP contribution in [0.4, 0.5) is 0 Å². The van der Waals surface area contributed by atoms with Gasteiger partial charge in [-0.25, -0.2) is 17.8 Å². The molecule has 1 aromatic rings. The van der Waals surface area contributed by atoms with E-state index < -0.39 is 10.0 Å². The number of nitrogens with zero attached hydrogens (tertiary/aromatic N) is 3. The van der Waals surface area contributed by atoms with Crippen LogP contribution in [0.2, 0.25) is 0 Å². The molecule has 0 aromatic carbocycles. The van der Waals surface area contributed by atoms with E-state index >= 15 is 0 Å². The fourth-order valence-electron chi connectivity index (χ4n) is 1.95. The van der Waals surface area contributed by atoms with Crippen LogP contribution >= 0.6 is 15.9 Å². The number of hydrogen-bond acceptors (Lipinski definition) is 4. The molecular weight excluding hydrogens is 320 g/mol. The smallest absolute Gasteiger partial charge is 0.235 e. The van der Waals surface area contributed by atoms with Gasteiger partial charge in [-0.05, 0) is 41.1 Å². The van der Waals surface area contributed by atoms with Gasteiger partial charge in [0.1, 0.15) is 0 Å². The standard InChI is InChI=1S/C10H15BrN4O2S/c1-15-10(9(11)13-14-15)18(16,17)12-7-8-5-3-2-4-6-8/h2-3,8,12H,4-7H2,1H3. The quantitative estimate of drug-likeness (QED) is 0.839. The van der Waals surface area contributed by atoms with Gasteiger partial charge in [0.25, 0.3) is 10.0 Å². The molecule has 2 rings (SSSR count). The topological polar surface area (TPSA) is 76.9 Å². The zero-order chi connectivity index (χ0) is 13.2. The number of hydrogen-bond donors (Lipinski definition) is 1. The molecule has 0 spiro atoms. The van der Waals surface area contributed by atoms with Gasteiger partial charge >= 0.3 is 0 Å². The Morgan fingerprint density at radius 2 is 2.33 bits per heavy atom. The minimum Gasteiger partial charge on any atom is -0.235 e. The molecule has 0 amide bonds. The van der Waals surface area contributed by atoms with Crippen LogP contribution in [0.1, 0.15) is 19.3 Å². The molecule has 1 aliphatic carbocycles. The number of sulfonamides is 1. The maximum Gasteiger partial charge on any atom is 0.260 e. The summed E-state index contributed by atoms with van der Waals surface area (Å²) in [4.78, 5) is 0. The highest BCUT2D eigenvalue weighted by atomic mass is 79.9. The van der Waals surface area contributed by atoms with E-state index in [4.69, 9.17) is 0 Å². The fourth-order valence-corrected chi connectivity index (χ4v) is 4.15. The number of allylic oxidation sites excluding steroid dienone is 2. The van der Waals surface area contributed by atoms with Crippen LogP contribution in [0.5, 0.6) is 0 Å². The van der Waals surface area contributed by atoms with Crippen molar-refractivity contribution in [3.63, 3.8) is 0 Å². The van der Waals surface area contributed by atoms with Crippen LogP contribution in [0, 0.1) is 5.92 Å². The van der Waals surface area contributed by atoms with E-state index in [-0.39, 0.29) is 9.63 Å². The molecule has 0 saturated carbocycles. The van der Waals surface area contributed by atoms with E-state index in [1.165, 1.54) is 4.68 Å². The second kappa shape index (κ2) is 5.50. The molecule has 1 atom stereocenters. The zero-order valence-electron chi connectivity index (χ0n) is 10.0. The Labute approximate surface area is 115 Å². The lowest BCUT2D eigenvalue weighted by Gasteiger charge is -2.18. The van der Waals surface area contributed by atoms with Crippen molar-refractivity contribution in [2.24, 2.45) is 13.0 Å². The molecule has 1 aliphatic rings. The van der Waals surface area contributed by atoms with E-state index in [1.54, 1.807) is 7.05 Å². The lowest BCUT2D eigenvalue weighted by Crippen LogP contribution is -2.31. The second-order valence-electron chi connectivity index (χ2n) is 4.31. The van der Waals surface area contributed by atoms with Crippen molar-refractivity contribution < 1.29 is 8.42 Å². The summed E-state index contributed by atoms with van der Waals surface area (Å²) in [5, 5.41) is 7.41. The molecular formula is C10H15BrN4O2S. The van der Waals surface area contributed by atoms with Crippen LogP contribution in [-0.4, -0.2) is 30.0 Å². The van der Waals surface area contributed by atoms with Crippen molar-refractivity contribution in [3.05, 3.63) is 16.8 Å². The summed E-state index contributed by atoms with van der Waals surface area (Å²) in [6, 6.07) is 0. The first-order valence-corrected chi connectivity index (χ1v) is 7.98. The molecule has 0 bridgehead atoms. The van der Waals surface area contributed by atoms with Crippen LogP contribution in [-0.2, 0) is 17.1 Å². The molecule has 8 heteroatoms. The molecule has 1 N–H and O–H groups in total. The summed E-state index contributed by atoms with van der Waals surface area (Å²) in [6.45, 7) is 0.449. The first-order valence-electron chi connectivity index (χ1n) is 5.70. The first kappa shape index (κ1) is 13.7. The number of aryl methyl sites for hydroxylation is 1. The molecule has 0 radical (unpaired) electrons. The van der Waals surface area contributed by atoms with Gasteiger partial charge in [-0.1, -0.05) is 17.4 Å². The van der Waals surface area contributed by atoms with Crippen LogP contribution < -0.4 is 4.72 Å². The predicted molar refractivity (Wildman–Crippen MR) is 70.4 cm³/mol. The Hall–Kier alpha value is -0.730. The van der Waals surface area contributed by atoms with Crippen molar-refractivity contribution in [1.29, 1.82) is 0 Å². The predicted octanol–water partition coefficient (Wildman–Crippen LogP) is 1.21. The van der Waals surface area contributed by atoms with Gasteiger partial charge in [0, 0.05) is 13.6 Å². The maximum absolute atomic E-state index is 12.1. The Morgan fingerprint density at radius 1 is 1.56 bits per heavy atom. The van der Waals surface area contributed by atoms with Gasteiger partial charge < -0.3 is 0 Å². The third-order valence-corrected chi connectivity index (χ3v) is 5.24. The highest BCUT2D eigenvalue weighted by molar-refractivity contribution is 9.10. The molecule has 6 nitrogen and oxygen atoms in total. The summed E-state index contributed by atoms with van der Waals surface area (Å²) in [7, 11) is -2.01. The Morgan fingerprint density at radius 3 is 2.89 bits per heavy atom. The van der Waals surface area contributed by atoms with Crippen LogP contribution in [0.15, 0.2) is 21.8 Å². The van der Waals surface area contributed by atoms with Gasteiger partial charge in [0.2, 0.25) is 5.03 Å². The lowest BCUT2D eigenvalue weighted by molar-refractivity contribution is 0.466. The highest BCUT2D eigenvalue weighted by Crippen LogP contribution is 2.20. The second-order valence-corrected chi connectivity index (χ2v) is 6.74. The van der Waals surface area contributed by atoms with Crippen molar-refractivity contribution in [2.75, 3.05) is 6.54 Å². The van der Waals surface area contributed by atoms with Crippen LogP contribution in [0.3, 0.4) is 0 Å². The third-order valence-electron chi connectivity index (χ3n) is 2.93. The Kier molecular flexibility index (Phi) is 4.18. The number of aromatic nitrogens is 3. The molecule has 100 valence electrons. The van der Waals surface area contributed by atoms with Crippen molar-refractivity contribution in [2.45, 2.75) is 24.3 Å². The number of halogens is 1. The zero-order valence-corrected chi connectivity index (χ0v) is 12.4. The number of nitrogens with one attached hydrogen (secondary N) is 1. The monoisotopic (exact) mass is 334 g/mol. The lowest BCUT2D eigenvalue weighted by atomic mass is 9.95. The van der Waals surface area contributed by atoms with E-state index in [0.29, 0.717) is 12.5 Å². The van der Waals surface area contributed by atoms with E-state index in [0.717, 1.165) is 19.3 Å². The van der Waals surface area contributed by atoms with Gasteiger partial charge in [0.15, 0.2) is 4.60 Å². The SMILES string of the molecule is Cn1nnc(Br)c1S(=O)(=O)NCC1CC=CCC1. The normalized spacial score (nSPS) is 20.2. The highest BCUT2D eigenvalue weighted by Gasteiger charge is 2.24. The third kappa shape index (κ3) is 2.99. The summed E-state index contributed by atoms with van der Waals surface area (Å²) < 4.78 is 28.3. The fraction of sp³-hybridized carbons (Fsp3) is 0.600. The molecule has 0 saturated heterocycles. The van der Waals surface area contributed by atoms with Crippen molar-refractivity contribution >= 4 is 26.0 Å². The van der Waals surface area contributed by atoms with Gasteiger partial charge in [-0.2, -0.15) is 0 Å². The summed E-state index contributed by atoms with van der Waals surface area (Å²) in [5.74, 6) is 0.365. The average molecular weight is 335 g/mol. The van der Waals surface area contributed by atoms with Crippen molar-refractivity contribution in [3.8, 4) is 0 Å². The molecule has 0 fully saturated rings. The average Bonchev–Trinajstić information content (AvgIpc) is 2.69. The molecule has 18 heavy (non-hydrogen) atoms. The first-order chi connectivity index (χ1) is 8.50.